The maximum atomic E-state index is 8.73. The Labute approximate surface area is 56.4 Å². The molecule has 1 nitrogen and oxygen atoms in total. The second kappa shape index (κ2) is 3.02. The third-order valence-electron chi connectivity index (χ3n) is 1.75. The molecule has 0 atom stereocenters. The first-order valence-electron chi connectivity index (χ1n) is 3.67. The van der Waals surface area contributed by atoms with Crippen molar-refractivity contribution < 1.29 is 5.11 Å². The monoisotopic (exact) mass is 126 g/mol. The molecular weight excluding hydrogens is 112 g/mol. The minimum absolute atomic E-state index is 0.257. The van der Waals surface area contributed by atoms with Gasteiger partial charge >= 0.3 is 0 Å². The summed E-state index contributed by atoms with van der Waals surface area (Å²) in [4.78, 5) is 0. The van der Waals surface area contributed by atoms with Gasteiger partial charge in [0.1, 0.15) is 0 Å². The van der Waals surface area contributed by atoms with Crippen molar-refractivity contribution >= 4 is 0 Å². The van der Waals surface area contributed by atoms with Crippen LogP contribution in [0.15, 0.2) is 11.6 Å². The summed E-state index contributed by atoms with van der Waals surface area (Å²) >= 11 is 0. The molecular formula is C8H14O. The van der Waals surface area contributed by atoms with Crippen molar-refractivity contribution in [1.82, 2.24) is 0 Å². The van der Waals surface area contributed by atoms with Crippen molar-refractivity contribution in [3.8, 4) is 0 Å². The van der Waals surface area contributed by atoms with E-state index in [1.54, 1.807) is 0 Å². The molecule has 0 aromatic heterocycles. The maximum absolute atomic E-state index is 8.73. The van der Waals surface area contributed by atoms with Gasteiger partial charge in [-0.25, -0.2) is 0 Å². The second-order valence-electron chi connectivity index (χ2n) is 2.67. The fraction of sp³-hybridized carbons (Fsp3) is 0.750. The van der Waals surface area contributed by atoms with Crippen molar-refractivity contribution in [1.29, 1.82) is 0 Å². The van der Waals surface area contributed by atoms with E-state index < -0.39 is 0 Å². The molecule has 0 radical (unpaired) electrons. The Bertz CT molecular complexity index is 106. The highest BCUT2D eigenvalue weighted by molar-refractivity contribution is 5.07. The third-order valence-corrected chi connectivity index (χ3v) is 1.75. The van der Waals surface area contributed by atoms with Gasteiger partial charge in [0.2, 0.25) is 0 Å². The van der Waals surface area contributed by atoms with E-state index in [4.69, 9.17) is 5.11 Å². The van der Waals surface area contributed by atoms with E-state index >= 15 is 0 Å². The van der Waals surface area contributed by atoms with Crippen LogP contribution in [0.5, 0.6) is 0 Å². The molecule has 0 bridgehead atoms. The summed E-state index contributed by atoms with van der Waals surface area (Å²) in [6.45, 7) is 2.34. The van der Waals surface area contributed by atoms with Crippen molar-refractivity contribution in [2.45, 2.75) is 26.2 Å². The van der Waals surface area contributed by atoms with E-state index in [9.17, 15) is 0 Å². The maximum Gasteiger partial charge on any atom is 0.0641 e. The Hall–Kier alpha value is -0.300. The summed E-state index contributed by atoms with van der Waals surface area (Å²) in [5.41, 5.74) is 1.21. The Balaban J connectivity index is 2.32. The molecule has 1 rings (SSSR count). The standard InChI is InChI=1S/C8H14O/c1-2-7(6-9)5-8-3-4-8/h5,8-9H,2-4,6H2,1H3. The molecule has 9 heavy (non-hydrogen) atoms. The number of hydrogen-bond acceptors (Lipinski definition) is 1. The molecule has 1 aliphatic carbocycles. The van der Waals surface area contributed by atoms with Crippen LogP contribution in [-0.2, 0) is 0 Å². The molecule has 0 heterocycles. The Kier molecular flexibility index (Phi) is 2.29. The quantitative estimate of drug-likeness (QED) is 0.571. The zero-order valence-electron chi connectivity index (χ0n) is 5.93. The Morgan fingerprint density at radius 2 is 2.33 bits per heavy atom. The number of allylic oxidation sites excluding steroid dienone is 1. The van der Waals surface area contributed by atoms with Crippen LogP contribution < -0.4 is 0 Å². The topological polar surface area (TPSA) is 20.2 Å². The fourth-order valence-electron chi connectivity index (χ4n) is 0.879. The van der Waals surface area contributed by atoms with Gasteiger partial charge in [-0.05, 0) is 30.8 Å². The van der Waals surface area contributed by atoms with E-state index in [2.05, 4.69) is 13.0 Å². The van der Waals surface area contributed by atoms with E-state index in [0.29, 0.717) is 0 Å². The van der Waals surface area contributed by atoms with Crippen molar-refractivity contribution in [3.63, 3.8) is 0 Å². The summed E-state index contributed by atoms with van der Waals surface area (Å²) in [6.07, 6.45) is 5.90. The molecule has 0 unspecified atom stereocenters. The second-order valence-corrected chi connectivity index (χ2v) is 2.67. The minimum Gasteiger partial charge on any atom is -0.392 e. The number of hydrogen-bond donors (Lipinski definition) is 1. The predicted octanol–water partition coefficient (Wildman–Crippen LogP) is 1.73. The Morgan fingerprint density at radius 3 is 2.67 bits per heavy atom. The lowest BCUT2D eigenvalue weighted by Crippen LogP contribution is -1.87. The lowest BCUT2D eigenvalue weighted by atomic mass is 10.2. The van der Waals surface area contributed by atoms with Crippen LogP contribution in [-0.4, -0.2) is 11.7 Å². The molecule has 1 aliphatic rings. The van der Waals surface area contributed by atoms with Crippen LogP contribution in [0.3, 0.4) is 0 Å². The van der Waals surface area contributed by atoms with Gasteiger partial charge in [-0.15, -0.1) is 0 Å². The van der Waals surface area contributed by atoms with Crippen LogP contribution in [0, 0.1) is 5.92 Å². The van der Waals surface area contributed by atoms with Gasteiger partial charge in [-0.2, -0.15) is 0 Å². The van der Waals surface area contributed by atoms with Gasteiger partial charge in [0, 0.05) is 0 Å². The van der Waals surface area contributed by atoms with Crippen LogP contribution >= 0.6 is 0 Å². The predicted molar refractivity (Wildman–Crippen MR) is 38.2 cm³/mol. The van der Waals surface area contributed by atoms with Crippen molar-refractivity contribution in [2.75, 3.05) is 6.61 Å². The number of aliphatic hydroxyl groups excluding tert-OH is 1. The van der Waals surface area contributed by atoms with Crippen LogP contribution in [0.1, 0.15) is 26.2 Å². The summed E-state index contributed by atoms with van der Waals surface area (Å²) in [5.74, 6) is 0.812. The van der Waals surface area contributed by atoms with E-state index in [0.717, 1.165) is 12.3 Å². The van der Waals surface area contributed by atoms with Crippen molar-refractivity contribution in [2.24, 2.45) is 5.92 Å². The summed E-state index contributed by atoms with van der Waals surface area (Å²) in [6, 6.07) is 0. The molecule has 0 aromatic rings. The van der Waals surface area contributed by atoms with Gasteiger partial charge < -0.3 is 5.11 Å². The number of aliphatic hydroxyl groups is 1. The molecule has 1 heteroatoms. The smallest absolute Gasteiger partial charge is 0.0641 e. The third kappa shape index (κ3) is 2.19. The zero-order valence-corrected chi connectivity index (χ0v) is 5.93. The fourth-order valence-corrected chi connectivity index (χ4v) is 0.879. The Morgan fingerprint density at radius 1 is 1.67 bits per heavy atom. The normalized spacial score (nSPS) is 20.4. The summed E-state index contributed by atoms with van der Waals surface area (Å²) in [7, 11) is 0. The highest BCUT2D eigenvalue weighted by atomic mass is 16.3. The molecule has 1 saturated carbocycles. The van der Waals surface area contributed by atoms with Crippen LogP contribution in [0.4, 0.5) is 0 Å². The highest BCUT2D eigenvalue weighted by Crippen LogP contribution is 2.31. The van der Waals surface area contributed by atoms with Gasteiger partial charge in [0.25, 0.3) is 0 Å². The van der Waals surface area contributed by atoms with Crippen LogP contribution in [0.25, 0.3) is 0 Å². The molecule has 0 saturated heterocycles. The molecule has 0 aliphatic heterocycles. The highest BCUT2D eigenvalue weighted by Gasteiger charge is 2.18. The van der Waals surface area contributed by atoms with Gasteiger partial charge in [-0.3, -0.25) is 0 Å². The molecule has 0 spiro atoms. The van der Waals surface area contributed by atoms with Gasteiger partial charge in [-0.1, -0.05) is 13.0 Å². The molecule has 0 aromatic carbocycles. The molecule has 0 amide bonds. The lowest BCUT2D eigenvalue weighted by Gasteiger charge is -1.95. The summed E-state index contributed by atoms with van der Waals surface area (Å²) in [5, 5.41) is 8.73. The average molecular weight is 126 g/mol. The minimum atomic E-state index is 0.257. The first-order valence-corrected chi connectivity index (χ1v) is 3.67. The molecule has 1 N–H and O–H groups in total. The van der Waals surface area contributed by atoms with Gasteiger partial charge in [0.05, 0.1) is 6.61 Å². The SMILES string of the molecule is CCC(=CC1CC1)CO. The lowest BCUT2D eigenvalue weighted by molar-refractivity contribution is 0.327. The van der Waals surface area contributed by atoms with Crippen molar-refractivity contribution in [3.05, 3.63) is 11.6 Å². The first kappa shape index (κ1) is 6.81. The number of rotatable bonds is 3. The largest absolute Gasteiger partial charge is 0.392 e. The molecule has 1 fully saturated rings. The average Bonchev–Trinajstić information content (AvgIpc) is 2.66. The van der Waals surface area contributed by atoms with Gasteiger partial charge in [0.15, 0.2) is 0 Å². The zero-order chi connectivity index (χ0) is 6.69. The van der Waals surface area contributed by atoms with Crippen LogP contribution in [0.2, 0.25) is 0 Å². The van der Waals surface area contributed by atoms with E-state index in [1.807, 2.05) is 0 Å². The first-order chi connectivity index (χ1) is 4.36. The molecule has 52 valence electrons. The van der Waals surface area contributed by atoms with E-state index in [-0.39, 0.29) is 6.61 Å². The van der Waals surface area contributed by atoms with E-state index in [1.165, 1.54) is 18.4 Å². The summed E-state index contributed by atoms with van der Waals surface area (Å²) < 4.78 is 0.